The number of nitrogens with zero attached hydrogens (tertiary/aromatic N) is 1. The van der Waals surface area contributed by atoms with E-state index in [2.05, 4.69) is 15.5 Å². The lowest BCUT2D eigenvalue weighted by Gasteiger charge is -2.07. The molecular formula is C15H17N3O4. The second kappa shape index (κ2) is 6.07. The summed E-state index contributed by atoms with van der Waals surface area (Å²) in [6.07, 6.45) is 1.96. The minimum Gasteiger partial charge on any atom is -0.507 e. The van der Waals surface area contributed by atoms with Crippen LogP contribution in [0.15, 0.2) is 24.3 Å². The van der Waals surface area contributed by atoms with Crippen LogP contribution in [0.1, 0.15) is 35.0 Å². The van der Waals surface area contributed by atoms with Gasteiger partial charge in [0.1, 0.15) is 11.5 Å². The Morgan fingerprint density at radius 3 is 3.09 bits per heavy atom. The van der Waals surface area contributed by atoms with E-state index in [1.54, 1.807) is 12.1 Å². The molecule has 0 saturated carbocycles. The van der Waals surface area contributed by atoms with Crippen molar-refractivity contribution in [3.05, 3.63) is 35.5 Å². The van der Waals surface area contributed by atoms with Gasteiger partial charge in [0.25, 0.3) is 5.91 Å². The maximum Gasteiger partial charge on any atom is 0.260 e. The van der Waals surface area contributed by atoms with E-state index in [0.29, 0.717) is 11.6 Å². The lowest BCUT2D eigenvalue weighted by molar-refractivity contribution is 0.102. The highest BCUT2D eigenvalue weighted by Gasteiger charge is 2.21. The van der Waals surface area contributed by atoms with Crippen molar-refractivity contribution in [2.45, 2.75) is 18.9 Å². The molecule has 0 aliphatic carbocycles. The zero-order chi connectivity index (χ0) is 15.5. The molecule has 7 heteroatoms. The Morgan fingerprint density at radius 1 is 1.50 bits per heavy atom. The molecule has 2 aromatic rings. The Hall–Kier alpha value is -2.54. The summed E-state index contributed by atoms with van der Waals surface area (Å²) in [7, 11) is 1.50. The summed E-state index contributed by atoms with van der Waals surface area (Å²) in [6.45, 7) is 0.739. The molecule has 0 bridgehead atoms. The van der Waals surface area contributed by atoms with Gasteiger partial charge in [0.05, 0.1) is 24.5 Å². The predicted octanol–water partition coefficient (Wildman–Crippen LogP) is 2.23. The lowest BCUT2D eigenvalue weighted by atomic mass is 10.1. The number of aromatic amines is 1. The average molecular weight is 303 g/mol. The number of ether oxygens (including phenoxy) is 2. The number of benzene rings is 1. The van der Waals surface area contributed by atoms with E-state index in [0.717, 1.165) is 25.1 Å². The number of rotatable bonds is 4. The van der Waals surface area contributed by atoms with Crippen molar-refractivity contribution in [1.29, 1.82) is 0 Å². The van der Waals surface area contributed by atoms with Gasteiger partial charge in [-0.2, -0.15) is 5.10 Å². The van der Waals surface area contributed by atoms with E-state index in [1.165, 1.54) is 19.2 Å². The number of phenols is 1. The van der Waals surface area contributed by atoms with Crippen LogP contribution in [-0.4, -0.2) is 34.9 Å². The molecule has 1 aliphatic heterocycles. The summed E-state index contributed by atoms with van der Waals surface area (Å²) < 4.78 is 10.6. The van der Waals surface area contributed by atoms with Crippen LogP contribution in [0.4, 0.5) is 5.82 Å². The Bertz CT molecular complexity index is 677. The van der Waals surface area contributed by atoms with Gasteiger partial charge in [0.15, 0.2) is 5.82 Å². The smallest absolute Gasteiger partial charge is 0.260 e. The number of hydrogen-bond donors (Lipinski definition) is 3. The number of carbonyl (C=O) groups excluding carboxylic acids is 1. The van der Waals surface area contributed by atoms with Gasteiger partial charge in [-0.15, -0.1) is 0 Å². The van der Waals surface area contributed by atoms with Gasteiger partial charge in [-0.3, -0.25) is 9.89 Å². The van der Waals surface area contributed by atoms with Gasteiger partial charge < -0.3 is 19.9 Å². The molecule has 0 spiro atoms. The van der Waals surface area contributed by atoms with Crippen molar-refractivity contribution >= 4 is 11.7 Å². The van der Waals surface area contributed by atoms with E-state index >= 15 is 0 Å². The molecule has 0 unspecified atom stereocenters. The fourth-order valence-electron chi connectivity index (χ4n) is 2.40. The molecule has 1 amide bonds. The molecule has 0 radical (unpaired) electrons. The number of carbonyl (C=O) groups is 1. The van der Waals surface area contributed by atoms with E-state index in [-0.39, 0.29) is 17.4 Å². The van der Waals surface area contributed by atoms with Crippen LogP contribution in [-0.2, 0) is 4.74 Å². The quantitative estimate of drug-likeness (QED) is 0.805. The maximum atomic E-state index is 12.2. The highest BCUT2D eigenvalue weighted by atomic mass is 16.5. The van der Waals surface area contributed by atoms with Crippen LogP contribution in [0.3, 0.4) is 0 Å². The van der Waals surface area contributed by atoms with Gasteiger partial charge >= 0.3 is 0 Å². The first-order valence-corrected chi connectivity index (χ1v) is 7.02. The molecule has 116 valence electrons. The maximum absolute atomic E-state index is 12.2. The predicted molar refractivity (Wildman–Crippen MR) is 79.1 cm³/mol. The number of aromatic hydroxyl groups is 1. The monoisotopic (exact) mass is 303 g/mol. The van der Waals surface area contributed by atoms with Crippen LogP contribution in [0, 0.1) is 0 Å². The summed E-state index contributed by atoms with van der Waals surface area (Å²) in [5.74, 6) is 0.303. The number of hydrogen-bond acceptors (Lipinski definition) is 5. The number of anilines is 1. The molecule has 1 atom stereocenters. The highest BCUT2D eigenvalue weighted by Crippen LogP contribution is 2.28. The third-order valence-electron chi connectivity index (χ3n) is 3.56. The van der Waals surface area contributed by atoms with Crippen molar-refractivity contribution < 1.29 is 19.4 Å². The standard InChI is InChI=1S/C15H17N3O4/c1-21-9-4-5-12(19)10(7-9)15(20)16-14-8-11(17-18-14)13-3-2-6-22-13/h4-5,7-8,13,19H,2-3,6H2,1H3,(H2,16,17,18,20)/t13-/m0/s1. The summed E-state index contributed by atoms with van der Waals surface area (Å²) >= 11 is 0. The van der Waals surface area contributed by atoms with Gasteiger partial charge in [0, 0.05) is 12.7 Å². The van der Waals surface area contributed by atoms with Crippen molar-refractivity contribution in [1.82, 2.24) is 10.2 Å². The zero-order valence-electron chi connectivity index (χ0n) is 12.1. The van der Waals surface area contributed by atoms with Crippen molar-refractivity contribution in [3.8, 4) is 11.5 Å². The summed E-state index contributed by atoms with van der Waals surface area (Å²) in [4.78, 5) is 12.2. The third-order valence-corrected chi connectivity index (χ3v) is 3.56. The highest BCUT2D eigenvalue weighted by molar-refractivity contribution is 6.05. The Balaban J connectivity index is 1.74. The van der Waals surface area contributed by atoms with Crippen LogP contribution >= 0.6 is 0 Å². The SMILES string of the molecule is COc1ccc(O)c(C(=O)Nc2cc([C@@H]3CCCO3)[nH]n2)c1. The van der Waals surface area contributed by atoms with E-state index in [9.17, 15) is 9.90 Å². The zero-order valence-corrected chi connectivity index (χ0v) is 12.1. The number of nitrogens with one attached hydrogen (secondary N) is 2. The summed E-state index contributed by atoms with van der Waals surface area (Å²) in [5.41, 5.74) is 0.962. The molecule has 3 N–H and O–H groups in total. The third kappa shape index (κ3) is 2.89. The number of H-pyrrole nitrogens is 1. The van der Waals surface area contributed by atoms with Gasteiger partial charge in [-0.05, 0) is 31.0 Å². The minimum atomic E-state index is -0.457. The minimum absolute atomic E-state index is 0.00312. The van der Waals surface area contributed by atoms with Gasteiger partial charge in [-0.1, -0.05) is 0 Å². The number of phenolic OH excluding ortho intramolecular Hbond substituents is 1. The van der Waals surface area contributed by atoms with Crippen LogP contribution < -0.4 is 10.1 Å². The Morgan fingerprint density at radius 2 is 2.36 bits per heavy atom. The number of methoxy groups -OCH3 is 1. The van der Waals surface area contributed by atoms with Crippen LogP contribution in [0.5, 0.6) is 11.5 Å². The van der Waals surface area contributed by atoms with Gasteiger partial charge in [-0.25, -0.2) is 0 Å². The first-order chi connectivity index (χ1) is 10.7. The van der Waals surface area contributed by atoms with Crippen LogP contribution in [0.25, 0.3) is 0 Å². The van der Waals surface area contributed by atoms with Crippen molar-refractivity contribution in [3.63, 3.8) is 0 Å². The van der Waals surface area contributed by atoms with E-state index in [1.807, 2.05) is 0 Å². The number of aromatic nitrogens is 2. The second-order valence-corrected chi connectivity index (χ2v) is 5.05. The fraction of sp³-hybridized carbons (Fsp3) is 0.333. The van der Waals surface area contributed by atoms with E-state index in [4.69, 9.17) is 9.47 Å². The average Bonchev–Trinajstić information content (AvgIpc) is 3.18. The number of amides is 1. The molecule has 1 aromatic carbocycles. The molecule has 22 heavy (non-hydrogen) atoms. The van der Waals surface area contributed by atoms with Gasteiger partial charge in [0.2, 0.25) is 0 Å². The molecule has 2 heterocycles. The molecule has 3 rings (SSSR count). The lowest BCUT2D eigenvalue weighted by Crippen LogP contribution is -2.12. The topological polar surface area (TPSA) is 96.5 Å². The van der Waals surface area contributed by atoms with Crippen molar-refractivity contribution in [2.24, 2.45) is 0 Å². The van der Waals surface area contributed by atoms with Crippen LogP contribution in [0.2, 0.25) is 0 Å². The summed E-state index contributed by atoms with van der Waals surface area (Å²) in [5, 5.41) is 19.3. The molecular weight excluding hydrogens is 286 g/mol. The Kier molecular flexibility index (Phi) is 3.97. The molecule has 1 saturated heterocycles. The second-order valence-electron chi connectivity index (χ2n) is 5.05. The normalized spacial score (nSPS) is 17.4. The molecule has 1 aromatic heterocycles. The first kappa shape index (κ1) is 14.4. The van der Waals surface area contributed by atoms with E-state index < -0.39 is 5.91 Å². The fourth-order valence-corrected chi connectivity index (χ4v) is 2.40. The summed E-state index contributed by atoms with van der Waals surface area (Å²) in [6, 6.07) is 6.20. The largest absolute Gasteiger partial charge is 0.507 e. The first-order valence-electron chi connectivity index (χ1n) is 7.02. The molecule has 1 aliphatic rings. The Labute approximate surface area is 127 Å². The van der Waals surface area contributed by atoms with Crippen molar-refractivity contribution in [2.75, 3.05) is 19.0 Å². The molecule has 7 nitrogen and oxygen atoms in total. The molecule has 1 fully saturated rings.